The first kappa shape index (κ1) is 12.9. The molecule has 0 bridgehead atoms. The van der Waals surface area contributed by atoms with Gasteiger partial charge in [-0.25, -0.2) is 0 Å². The van der Waals surface area contributed by atoms with Crippen molar-refractivity contribution in [3.8, 4) is 0 Å². The van der Waals surface area contributed by atoms with Gasteiger partial charge in [-0.3, -0.25) is 9.59 Å². The van der Waals surface area contributed by atoms with Gasteiger partial charge in [-0.2, -0.15) is 0 Å². The molecule has 3 heteroatoms. The van der Waals surface area contributed by atoms with E-state index in [2.05, 4.69) is 11.9 Å². The van der Waals surface area contributed by atoms with Gasteiger partial charge in [0, 0.05) is 6.92 Å². The summed E-state index contributed by atoms with van der Waals surface area (Å²) in [4.78, 5) is 22.5. The van der Waals surface area contributed by atoms with Crippen molar-refractivity contribution < 1.29 is 9.59 Å². The highest BCUT2D eigenvalue weighted by Gasteiger charge is 2.20. The van der Waals surface area contributed by atoms with E-state index in [-0.39, 0.29) is 11.7 Å². The zero-order valence-electron chi connectivity index (χ0n) is 9.39. The summed E-state index contributed by atoms with van der Waals surface area (Å²) in [6.45, 7) is 10.7. The zero-order valence-corrected chi connectivity index (χ0v) is 9.39. The lowest BCUT2D eigenvalue weighted by Gasteiger charge is -2.18. The average Bonchev–Trinajstić information content (AvgIpc) is 1.99. The maximum atomic E-state index is 11.6. The molecule has 0 saturated carbocycles. The lowest BCUT2D eigenvalue weighted by Crippen LogP contribution is -2.40. The van der Waals surface area contributed by atoms with Crippen molar-refractivity contribution in [3.05, 3.63) is 12.2 Å². The normalized spacial score (nSPS) is 12.4. The van der Waals surface area contributed by atoms with E-state index in [1.807, 2.05) is 13.8 Å². The van der Waals surface area contributed by atoms with Gasteiger partial charge < -0.3 is 5.32 Å². The monoisotopic (exact) mass is 197 g/mol. The molecule has 0 aliphatic rings. The molecule has 0 aromatic carbocycles. The van der Waals surface area contributed by atoms with Gasteiger partial charge in [0.15, 0.2) is 5.78 Å². The smallest absolute Gasteiger partial charge is 0.217 e. The molecule has 0 heterocycles. The molecule has 1 atom stereocenters. The van der Waals surface area contributed by atoms with Crippen molar-refractivity contribution in [1.29, 1.82) is 0 Å². The second kappa shape index (κ2) is 5.58. The van der Waals surface area contributed by atoms with Crippen LogP contribution in [0.2, 0.25) is 0 Å². The van der Waals surface area contributed by atoms with Gasteiger partial charge in [0.25, 0.3) is 0 Å². The summed E-state index contributed by atoms with van der Waals surface area (Å²) >= 11 is 0. The van der Waals surface area contributed by atoms with Crippen molar-refractivity contribution in [2.45, 2.75) is 40.2 Å². The third-order valence-corrected chi connectivity index (χ3v) is 1.82. The molecule has 80 valence electrons. The molecule has 0 aromatic rings. The van der Waals surface area contributed by atoms with Crippen molar-refractivity contribution in [1.82, 2.24) is 5.32 Å². The van der Waals surface area contributed by atoms with E-state index in [0.29, 0.717) is 17.9 Å². The van der Waals surface area contributed by atoms with E-state index in [4.69, 9.17) is 0 Å². The van der Waals surface area contributed by atoms with E-state index in [1.165, 1.54) is 6.92 Å². The number of Topliss-reactive ketones (excluding diaryl/α,β-unsaturated/α-hetero) is 1. The van der Waals surface area contributed by atoms with Gasteiger partial charge in [0.05, 0.1) is 6.04 Å². The first-order valence-electron chi connectivity index (χ1n) is 4.81. The van der Waals surface area contributed by atoms with Crippen LogP contribution in [0.25, 0.3) is 0 Å². The summed E-state index contributed by atoms with van der Waals surface area (Å²) in [6, 6.07) is -0.412. The Kier molecular flexibility index (Phi) is 5.13. The topological polar surface area (TPSA) is 46.2 Å². The lowest BCUT2D eigenvalue weighted by atomic mass is 9.97. The molecule has 1 N–H and O–H groups in total. The molecule has 1 unspecified atom stereocenters. The molecule has 0 rings (SSSR count). The third-order valence-electron chi connectivity index (χ3n) is 1.82. The number of hydrogen-bond donors (Lipinski definition) is 1. The lowest BCUT2D eigenvalue weighted by molar-refractivity contribution is -0.125. The molecule has 0 aliphatic carbocycles. The molecule has 0 saturated heterocycles. The quantitative estimate of drug-likeness (QED) is 0.682. The Hall–Kier alpha value is -1.12. The maximum absolute atomic E-state index is 11.6. The van der Waals surface area contributed by atoms with Crippen LogP contribution in [0.3, 0.4) is 0 Å². The van der Waals surface area contributed by atoms with Gasteiger partial charge >= 0.3 is 0 Å². The Morgan fingerprint density at radius 3 is 2.07 bits per heavy atom. The SMILES string of the molecule is C=C(C)C(=O)C(CC(C)C)NC(C)=O. The van der Waals surface area contributed by atoms with Crippen molar-refractivity contribution >= 4 is 11.7 Å². The number of carbonyl (C=O) groups is 2. The number of ketones is 1. The van der Waals surface area contributed by atoms with Gasteiger partial charge in [-0.1, -0.05) is 20.4 Å². The molecule has 0 aromatic heterocycles. The third kappa shape index (κ3) is 4.80. The van der Waals surface area contributed by atoms with E-state index in [1.54, 1.807) is 6.92 Å². The second-order valence-corrected chi connectivity index (χ2v) is 4.03. The molecule has 14 heavy (non-hydrogen) atoms. The average molecular weight is 197 g/mol. The Bertz CT molecular complexity index is 244. The molecule has 0 aliphatic heterocycles. The molecule has 0 radical (unpaired) electrons. The Labute approximate surface area is 85.6 Å². The van der Waals surface area contributed by atoms with E-state index >= 15 is 0 Å². The van der Waals surface area contributed by atoms with Crippen molar-refractivity contribution in [3.63, 3.8) is 0 Å². The minimum Gasteiger partial charge on any atom is -0.346 e. The standard InChI is InChI=1S/C11H19NO2/c1-7(2)6-10(12-9(5)13)11(14)8(3)4/h7,10H,3,6H2,1-2,4-5H3,(H,12,13). The molecular weight excluding hydrogens is 178 g/mol. The predicted octanol–water partition coefficient (Wildman–Crippen LogP) is 1.68. The van der Waals surface area contributed by atoms with E-state index in [9.17, 15) is 9.59 Å². The molecule has 0 spiro atoms. The van der Waals surface area contributed by atoms with Gasteiger partial charge in [0.1, 0.15) is 0 Å². The fourth-order valence-electron chi connectivity index (χ4n) is 1.25. The largest absolute Gasteiger partial charge is 0.346 e. The zero-order chi connectivity index (χ0) is 11.3. The van der Waals surface area contributed by atoms with Crippen LogP contribution in [0, 0.1) is 5.92 Å². The number of hydrogen-bond acceptors (Lipinski definition) is 2. The summed E-state index contributed by atoms with van der Waals surface area (Å²) in [5.41, 5.74) is 0.490. The number of carbonyl (C=O) groups excluding carboxylic acids is 2. The summed E-state index contributed by atoms with van der Waals surface area (Å²) < 4.78 is 0. The Balaban J connectivity index is 4.46. The Morgan fingerprint density at radius 1 is 1.29 bits per heavy atom. The fraction of sp³-hybridized carbons (Fsp3) is 0.636. The van der Waals surface area contributed by atoms with Crippen LogP contribution in [0.15, 0.2) is 12.2 Å². The first-order chi connectivity index (χ1) is 6.34. The number of nitrogens with one attached hydrogen (secondary N) is 1. The highest BCUT2D eigenvalue weighted by Crippen LogP contribution is 2.08. The molecular formula is C11H19NO2. The fourth-order valence-corrected chi connectivity index (χ4v) is 1.25. The maximum Gasteiger partial charge on any atom is 0.217 e. The van der Waals surface area contributed by atoms with Crippen LogP contribution in [0.4, 0.5) is 0 Å². The highest BCUT2D eigenvalue weighted by molar-refractivity contribution is 6.00. The van der Waals surface area contributed by atoms with Crippen LogP contribution in [-0.4, -0.2) is 17.7 Å². The summed E-state index contributed by atoms with van der Waals surface area (Å²) in [7, 11) is 0. The highest BCUT2D eigenvalue weighted by atomic mass is 16.2. The van der Waals surface area contributed by atoms with Gasteiger partial charge in [0.2, 0.25) is 5.91 Å². The molecule has 1 amide bonds. The first-order valence-corrected chi connectivity index (χ1v) is 4.81. The van der Waals surface area contributed by atoms with Crippen molar-refractivity contribution in [2.24, 2.45) is 5.92 Å². The molecule has 0 fully saturated rings. The van der Waals surface area contributed by atoms with Crippen LogP contribution in [0.1, 0.15) is 34.1 Å². The predicted molar refractivity (Wildman–Crippen MR) is 56.9 cm³/mol. The van der Waals surface area contributed by atoms with Crippen LogP contribution in [-0.2, 0) is 9.59 Å². The summed E-state index contributed by atoms with van der Waals surface area (Å²) in [6.07, 6.45) is 0.658. The second-order valence-electron chi connectivity index (χ2n) is 4.03. The van der Waals surface area contributed by atoms with Crippen molar-refractivity contribution in [2.75, 3.05) is 0 Å². The number of amides is 1. The number of rotatable bonds is 5. The van der Waals surface area contributed by atoms with Gasteiger partial charge in [-0.05, 0) is 24.8 Å². The van der Waals surface area contributed by atoms with Gasteiger partial charge in [-0.15, -0.1) is 0 Å². The Morgan fingerprint density at radius 2 is 1.79 bits per heavy atom. The van der Waals surface area contributed by atoms with Crippen LogP contribution in [0.5, 0.6) is 0 Å². The van der Waals surface area contributed by atoms with Crippen LogP contribution < -0.4 is 5.32 Å². The van der Waals surface area contributed by atoms with E-state index < -0.39 is 6.04 Å². The minimum atomic E-state index is -0.412. The minimum absolute atomic E-state index is 0.0751. The van der Waals surface area contributed by atoms with Crippen LogP contribution >= 0.6 is 0 Å². The summed E-state index contributed by atoms with van der Waals surface area (Å²) in [5, 5.41) is 2.64. The van der Waals surface area contributed by atoms with E-state index in [0.717, 1.165) is 0 Å². The molecule has 3 nitrogen and oxygen atoms in total. The summed E-state index contributed by atoms with van der Waals surface area (Å²) in [5.74, 6) is 0.120.